The van der Waals surface area contributed by atoms with Crippen molar-refractivity contribution >= 4 is 40.5 Å². The molecule has 1 fully saturated rings. The number of nitrogens with zero attached hydrogens (tertiary/aromatic N) is 4. The van der Waals surface area contributed by atoms with E-state index in [0.717, 1.165) is 48.0 Å². The van der Waals surface area contributed by atoms with Gasteiger partial charge in [0.05, 0.1) is 16.3 Å². The first-order valence-corrected chi connectivity index (χ1v) is 9.91. The fraction of sp³-hybridized carbons (Fsp3) is 0.316. The summed E-state index contributed by atoms with van der Waals surface area (Å²) < 4.78 is 1.69. The Labute approximate surface area is 161 Å². The highest BCUT2D eigenvalue weighted by Crippen LogP contribution is 2.34. The molecule has 0 saturated carbocycles. The molecule has 5 nitrogen and oxygen atoms in total. The molecule has 1 saturated heterocycles. The van der Waals surface area contributed by atoms with Crippen molar-refractivity contribution in [2.75, 3.05) is 13.1 Å². The van der Waals surface area contributed by atoms with Gasteiger partial charge >= 0.3 is 0 Å². The van der Waals surface area contributed by atoms with E-state index in [1.165, 1.54) is 18.2 Å². The van der Waals surface area contributed by atoms with Gasteiger partial charge in [-0.1, -0.05) is 29.8 Å². The van der Waals surface area contributed by atoms with E-state index < -0.39 is 0 Å². The Morgan fingerprint density at radius 2 is 1.88 bits per heavy atom. The van der Waals surface area contributed by atoms with Crippen molar-refractivity contribution in [3.05, 3.63) is 51.6 Å². The van der Waals surface area contributed by atoms with E-state index in [-0.39, 0.29) is 5.91 Å². The summed E-state index contributed by atoms with van der Waals surface area (Å²) in [7, 11) is 0. The van der Waals surface area contributed by atoms with Crippen LogP contribution in [0.2, 0.25) is 5.15 Å². The molecule has 2 aliphatic heterocycles. The summed E-state index contributed by atoms with van der Waals surface area (Å²) in [5.74, 6) is -0.196. The van der Waals surface area contributed by atoms with Crippen LogP contribution in [-0.2, 0) is 4.79 Å². The average Bonchev–Trinajstić information content (AvgIpc) is 3.18. The van der Waals surface area contributed by atoms with Crippen molar-refractivity contribution in [2.24, 2.45) is 4.99 Å². The lowest BCUT2D eigenvalue weighted by molar-refractivity contribution is -0.113. The highest BCUT2D eigenvalue weighted by Gasteiger charge is 2.28. The number of aliphatic imine (C=N–C) groups is 1. The maximum Gasteiger partial charge on any atom is 0.286 e. The second kappa shape index (κ2) is 7.29. The van der Waals surface area contributed by atoms with Crippen LogP contribution in [0.3, 0.4) is 0 Å². The van der Waals surface area contributed by atoms with Crippen LogP contribution < -0.4 is 0 Å². The third kappa shape index (κ3) is 3.31. The molecule has 0 unspecified atom stereocenters. The number of thioether (sulfide) groups is 1. The van der Waals surface area contributed by atoms with Gasteiger partial charge < -0.3 is 4.90 Å². The lowest BCUT2D eigenvalue weighted by Crippen LogP contribution is -2.33. The van der Waals surface area contributed by atoms with Crippen molar-refractivity contribution < 1.29 is 4.79 Å². The van der Waals surface area contributed by atoms with Crippen molar-refractivity contribution in [3.8, 4) is 5.69 Å². The van der Waals surface area contributed by atoms with E-state index in [9.17, 15) is 4.79 Å². The number of likely N-dealkylation sites (tertiary alicyclic amines) is 1. The standard InChI is InChI=1S/C19H19ClN4OS/c1-13-15(17(20)24(22-13)14-8-4-2-5-9-14)12-16-18(25)21-19(26-16)23-10-6-3-7-11-23/h2,4-5,8-9,12H,3,6-7,10-11H2,1H3. The fourth-order valence-corrected chi connectivity index (χ4v) is 4.44. The SMILES string of the molecule is Cc1nn(-c2ccccc2)c(Cl)c1C=C1SC(N2CCCCC2)=NC1=O. The Morgan fingerprint density at radius 3 is 2.62 bits per heavy atom. The molecule has 1 amide bonds. The normalized spacial score (nSPS) is 19.3. The maximum absolute atomic E-state index is 12.4. The summed E-state index contributed by atoms with van der Waals surface area (Å²) >= 11 is 8.00. The number of aromatic nitrogens is 2. The van der Waals surface area contributed by atoms with Gasteiger partial charge in [0, 0.05) is 18.7 Å². The number of piperidine rings is 1. The molecule has 3 heterocycles. The number of halogens is 1. The number of benzene rings is 1. The van der Waals surface area contributed by atoms with E-state index in [1.54, 1.807) is 4.68 Å². The van der Waals surface area contributed by atoms with Crippen LogP contribution in [0.5, 0.6) is 0 Å². The fourth-order valence-electron chi connectivity index (χ4n) is 3.16. The van der Waals surface area contributed by atoms with Crippen LogP contribution in [0.1, 0.15) is 30.5 Å². The van der Waals surface area contributed by atoms with Gasteiger partial charge in [0.15, 0.2) is 5.17 Å². The molecule has 7 heteroatoms. The number of amides is 1. The Hall–Kier alpha value is -2.05. The first-order valence-electron chi connectivity index (χ1n) is 8.71. The van der Waals surface area contributed by atoms with E-state index in [1.807, 2.05) is 43.3 Å². The largest absolute Gasteiger partial charge is 0.351 e. The summed E-state index contributed by atoms with van der Waals surface area (Å²) in [5.41, 5.74) is 2.44. The molecular weight excluding hydrogens is 368 g/mol. The van der Waals surface area contributed by atoms with E-state index in [4.69, 9.17) is 11.6 Å². The zero-order chi connectivity index (χ0) is 18.1. The zero-order valence-corrected chi connectivity index (χ0v) is 16.1. The molecule has 134 valence electrons. The number of para-hydroxylation sites is 1. The predicted molar refractivity (Wildman–Crippen MR) is 107 cm³/mol. The monoisotopic (exact) mass is 386 g/mol. The minimum atomic E-state index is -0.196. The van der Waals surface area contributed by atoms with Gasteiger partial charge in [0.2, 0.25) is 0 Å². The Bertz CT molecular complexity index is 898. The zero-order valence-electron chi connectivity index (χ0n) is 14.5. The van der Waals surface area contributed by atoms with Gasteiger partial charge in [-0.3, -0.25) is 4.79 Å². The van der Waals surface area contributed by atoms with E-state index in [0.29, 0.717) is 10.1 Å². The van der Waals surface area contributed by atoms with Gasteiger partial charge in [-0.25, -0.2) is 4.68 Å². The number of rotatable bonds is 2. The summed E-state index contributed by atoms with van der Waals surface area (Å²) in [6.07, 6.45) is 5.37. The highest BCUT2D eigenvalue weighted by atomic mass is 35.5. The van der Waals surface area contributed by atoms with Crippen LogP contribution in [0.4, 0.5) is 0 Å². The Kier molecular flexibility index (Phi) is 4.87. The van der Waals surface area contributed by atoms with Crippen LogP contribution >= 0.6 is 23.4 Å². The number of carbonyl (C=O) groups excluding carboxylic acids is 1. The van der Waals surface area contributed by atoms with Gasteiger partial charge in [0.25, 0.3) is 5.91 Å². The summed E-state index contributed by atoms with van der Waals surface area (Å²) in [5, 5.41) is 5.84. The molecule has 0 atom stereocenters. The molecule has 0 N–H and O–H groups in total. The first kappa shape index (κ1) is 17.4. The van der Waals surface area contributed by atoms with Crippen LogP contribution in [0.25, 0.3) is 11.8 Å². The summed E-state index contributed by atoms with van der Waals surface area (Å²) in [6.45, 7) is 3.84. The van der Waals surface area contributed by atoms with E-state index >= 15 is 0 Å². The quantitative estimate of drug-likeness (QED) is 0.722. The molecule has 26 heavy (non-hydrogen) atoms. The number of aryl methyl sites for hydroxylation is 1. The number of hydrogen-bond acceptors (Lipinski definition) is 4. The van der Waals surface area contributed by atoms with Crippen molar-refractivity contribution in [2.45, 2.75) is 26.2 Å². The summed E-state index contributed by atoms with van der Waals surface area (Å²) in [4.78, 5) is 19.4. The van der Waals surface area contributed by atoms with Gasteiger partial charge in [-0.2, -0.15) is 10.1 Å². The minimum Gasteiger partial charge on any atom is -0.351 e. The predicted octanol–water partition coefficient (Wildman–Crippen LogP) is 4.29. The first-order chi connectivity index (χ1) is 12.6. The third-order valence-electron chi connectivity index (χ3n) is 4.56. The summed E-state index contributed by atoms with van der Waals surface area (Å²) in [6, 6.07) is 9.72. The van der Waals surface area contributed by atoms with Crippen molar-refractivity contribution in [1.29, 1.82) is 0 Å². The maximum atomic E-state index is 12.4. The van der Waals surface area contributed by atoms with Crippen LogP contribution in [-0.4, -0.2) is 38.8 Å². The lowest BCUT2D eigenvalue weighted by Gasteiger charge is -2.27. The molecule has 0 spiro atoms. The van der Waals surface area contributed by atoms with Gasteiger partial charge in [0.1, 0.15) is 5.15 Å². The molecule has 0 aliphatic carbocycles. The van der Waals surface area contributed by atoms with Gasteiger partial charge in [-0.05, 0) is 56.2 Å². The molecule has 4 rings (SSSR count). The van der Waals surface area contributed by atoms with Crippen molar-refractivity contribution in [3.63, 3.8) is 0 Å². The Balaban J connectivity index is 1.61. The number of amidine groups is 1. The molecule has 0 bridgehead atoms. The number of carbonyl (C=O) groups is 1. The highest BCUT2D eigenvalue weighted by molar-refractivity contribution is 8.18. The van der Waals surface area contributed by atoms with Crippen LogP contribution in [0.15, 0.2) is 40.2 Å². The Morgan fingerprint density at radius 1 is 1.15 bits per heavy atom. The average molecular weight is 387 g/mol. The minimum absolute atomic E-state index is 0.196. The molecule has 0 radical (unpaired) electrons. The second-order valence-electron chi connectivity index (χ2n) is 6.40. The third-order valence-corrected chi connectivity index (χ3v) is 5.97. The smallest absolute Gasteiger partial charge is 0.286 e. The topological polar surface area (TPSA) is 50.5 Å². The molecule has 1 aromatic heterocycles. The molecule has 1 aromatic carbocycles. The van der Waals surface area contributed by atoms with Crippen molar-refractivity contribution in [1.82, 2.24) is 14.7 Å². The molecule has 2 aliphatic rings. The molecular formula is C19H19ClN4OS. The van der Waals surface area contributed by atoms with Crippen LogP contribution in [0, 0.1) is 6.92 Å². The molecule has 2 aromatic rings. The van der Waals surface area contributed by atoms with E-state index in [2.05, 4.69) is 15.0 Å². The van der Waals surface area contributed by atoms with Gasteiger partial charge in [-0.15, -0.1) is 0 Å². The second-order valence-corrected chi connectivity index (χ2v) is 7.76. The number of hydrogen-bond donors (Lipinski definition) is 0. The lowest BCUT2D eigenvalue weighted by atomic mass is 10.1.